The summed E-state index contributed by atoms with van der Waals surface area (Å²) in [6, 6.07) is 8.63. The predicted octanol–water partition coefficient (Wildman–Crippen LogP) is 4.88. The molecule has 1 unspecified atom stereocenters. The largest absolute Gasteiger partial charge is 0.487 e. The first kappa shape index (κ1) is 15.6. The van der Waals surface area contributed by atoms with Crippen molar-refractivity contribution in [1.82, 2.24) is 0 Å². The Morgan fingerprint density at radius 2 is 2.19 bits per heavy atom. The summed E-state index contributed by atoms with van der Waals surface area (Å²) in [5.74, 6) is 0.268. The van der Waals surface area contributed by atoms with Gasteiger partial charge >= 0.3 is 5.69 Å². The van der Waals surface area contributed by atoms with Gasteiger partial charge in [0.1, 0.15) is 0 Å². The number of ether oxygens (including phenoxy) is 1. The molecule has 0 spiro atoms. The summed E-state index contributed by atoms with van der Waals surface area (Å²) in [5.41, 5.74) is 0.732. The first-order chi connectivity index (χ1) is 10.0. The molecule has 5 nitrogen and oxygen atoms in total. The van der Waals surface area contributed by atoms with E-state index in [1.807, 2.05) is 19.1 Å². The zero-order valence-corrected chi connectivity index (χ0v) is 13.2. The van der Waals surface area contributed by atoms with Gasteiger partial charge in [0, 0.05) is 22.7 Å². The molecule has 1 atom stereocenters. The first-order valence-electron chi connectivity index (χ1n) is 6.44. The minimum Gasteiger partial charge on any atom is -0.487 e. The summed E-state index contributed by atoms with van der Waals surface area (Å²) in [6.07, 6.45) is 0. The molecular weight excluding hydrogens is 312 g/mol. The van der Waals surface area contributed by atoms with Crippen LogP contribution in [-0.2, 0) is 0 Å². The van der Waals surface area contributed by atoms with E-state index >= 15 is 0 Å². The topological polar surface area (TPSA) is 64.4 Å². The van der Waals surface area contributed by atoms with Gasteiger partial charge in [-0.05, 0) is 32.0 Å². The Balaban J connectivity index is 2.20. The van der Waals surface area contributed by atoms with Gasteiger partial charge in [-0.1, -0.05) is 11.6 Å². The van der Waals surface area contributed by atoms with Gasteiger partial charge in [-0.2, -0.15) is 0 Å². The molecule has 2 rings (SSSR count). The predicted molar refractivity (Wildman–Crippen MR) is 85.6 cm³/mol. The second-order valence-electron chi connectivity index (χ2n) is 4.38. The Morgan fingerprint density at radius 1 is 1.43 bits per heavy atom. The van der Waals surface area contributed by atoms with Crippen LogP contribution < -0.4 is 10.1 Å². The molecule has 112 valence electrons. The van der Waals surface area contributed by atoms with Crippen molar-refractivity contribution in [3.8, 4) is 5.75 Å². The monoisotopic (exact) mass is 326 g/mol. The third-order valence-electron chi connectivity index (χ3n) is 2.86. The summed E-state index contributed by atoms with van der Waals surface area (Å²) in [6.45, 7) is 4.17. The zero-order chi connectivity index (χ0) is 15.4. The molecule has 0 bridgehead atoms. The number of rotatable bonds is 6. The van der Waals surface area contributed by atoms with Crippen LogP contribution in [0.5, 0.6) is 5.75 Å². The van der Waals surface area contributed by atoms with Crippen LogP contribution in [0.3, 0.4) is 0 Å². The van der Waals surface area contributed by atoms with Crippen LogP contribution in [-0.4, -0.2) is 11.5 Å². The van der Waals surface area contributed by atoms with E-state index in [9.17, 15) is 10.1 Å². The van der Waals surface area contributed by atoms with Crippen LogP contribution in [0.4, 0.5) is 11.4 Å². The van der Waals surface area contributed by atoms with Gasteiger partial charge in [-0.15, -0.1) is 11.3 Å². The van der Waals surface area contributed by atoms with Gasteiger partial charge in [-0.25, -0.2) is 0 Å². The lowest BCUT2D eigenvalue weighted by Crippen LogP contribution is -2.05. The van der Waals surface area contributed by atoms with E-state index in [4.69, 9.17) is 16.3 Å². The normalized spacial score (nSPS) is 12.0. The van der Waals surface area contributed by atoms with Crippen molar-refractivity contribution >= 4 is 34.3 Å². The number of nitro groups is 1. The standard InChI is InChI=1S/C14H15ClN2O3S/c1-3-20-12-8-10(4-5-11(12)17(18)19)16-9(2)13-6-7-14(15)21-13/h4-9,16H,3H2,1-2H3. The number of anilines is 1. The highest BCUT2D eigenvalue weighted by molar-refractivity contribution is 7.16. The lowest BCUT2D eigenvalue weighted by molar-refractivity contribution is -0.385. The quantitative estimate of drug-likeness (QED) is 0.607. The third-order valence-corrected chi connectivity index (χ3v) is 4.27. The minimum atomic E-state index is -0.447. The van der Waals surface area contributed by atoms with Crippen LogP contribution in [0.1, 0.15) is 24.8 Å². The van der Waals surface area contributed by atoms with E-state index in [2.05, 4.69) is 5.32 Å². The Morgan fingerprint density at radius 3 is 2.76 bits per heavy atom. The molecule has 0 radical (unpaired) electrons. The molecule has 21 heavy (non-hydrogen) atoms. The molecule has 7 heteroatoms. The van der Waals surface area contributed by atoms with Crippen LogP contribution in [0.15, 0.2) is 30.3 Å². The molecule has 0 fully saturated rings. The molecule has 2 aromatic rings. The SMILES string of the molecule is CCOc1cc(NC(C)c2ccc(Cl)s2)ccc1[N+](=O)[O-]. The van der Waals surface area contributed by atoms with Gasteiger partial charge in [0.2, 0.25) is 0 Å². The molecule has 0 saturated carbocycles. The Labute approximate surface area is 131 Å². The molecule has 0 aliphatic carbocycles. The highest BCUT2D eigenvalue weighted by Gasteiger charge is 2.16. The number of nitrogens with one attached hydrogen (secondary N) is 1. The van der Waals surface area contributed by atoms with Gasteiger partial charge in [0.05, 0.1) is 21.9 Å². The molecule has 1 aromatic heterocycles. The Bertz CT molecular complexity index is 645. The average Bonchev–Trinajstić information content (AvgIpc) is 2.86. The van der Waals surface area contributed by atoms with Crippen molar-refractivity contribution in [2.75, 3.05) is 11.9 Å². The van der Waals surface area contributed by atoms with E-state index in [0.29, 0.717) is 6.61 Å². The molecule has 1 aromatic carbocycles. The summed E-state index contributed by atoms with van der Waals surface area (Å²) in [4.78, 5) is 11.6. The van der Waals surface area contributed by atoms with Crippen LogP contribution in [0.2, 0.25) is 4.34 Å². The van der Waals surface area contributed by atoms with Crippen LogP contribution in [0.25, 0.3) is 0 Å². The van der Waals surface area contributed by atoms with Crippen molar-refractivity contribution in [2.45, 2.75) is 19.9 Å². The molecule has 0 aliphatic heterocycles. The van der Waals surface area contributed by atoms with Gasteiger partial charge in [0.25, 0.3) is 0 Å². The van der Waals surface area contributed by atoms with E-state index in [1.54, 1.807) is 19.1 Å². The van der Waals surface area contributed by atoms with Crippen molar-refractivity contribution in [1.29, 1.82) is 0 Å². The lowest BCUT2D eigenvalue weighted by atomic mass is 10.2. The second-order valence-corrected chi connectivity index (χ2v) is 6.13. The first-order valence-corrected chi connectivity index (χ1v) is 7.63. The summed E-state index contributed by atoms with van der Waals surface area (Å²) < 4.78 is 6.06. The van der Waals surface area contributed by atoms with Gasteiger partial charge < -0.3 is 10.1 Å². The van der Waals surface area contributed by atoms with Crippen LogP contribution >= 0.6 is 22.9 Å². The maximum atomic E-state index is 10.9. The molecule has 1 heterocycles. The number of halogens is 1. The number of hydrogen-bond donors (Lipinski definition) is 1. The van der Waals surface area contributed by atoms with E-state index < -0.39 is 4.92 Å². The molecular formula is C14H15ClN2O3S. The highest BCUT2D eigenvalue weighted by atomic mass is 35.5. The zero-order valence-electron chi connectivity index (χ0n) is 11.6. The van der Waals surface area contributed by atoms with Crippen molar-refractivity contribution < 1.29 is 9.66 Å². The molecule has 0 amide bonds. The number of nitro benzene ring substituents is 1. The smallest absolute Gasteiger partial charge is 0.311 e. The summed E-state index contributed by atoms with van der Waals surface area (Å²) >= 11 is 7.43. The molecule has 1 N–H and O–H groups in total. The lowest BCUT2D eigenvalue weighted by Gasteiger charge is -2.14. The fourth-order valence-electron chi connectivity index (χ4n) is 1.91. The van der Waals surface area contributed by atoms with E-state index in [-0.39, 0.29) is 17.5 Å². The van der Waals surface area contributed by atoms with Crippen molar-refractivity contribution in [3.63, 3.8) is 0 Å². The second kappa shape index (κ2) is 6.78. The fourth-order valence-corrected chi connectivity index (χ4v) is 2.97. The van der Waals surface area contributed by atoms with Crippen molar-refractivity contribution in [3.05, 3.63) is 49.7 Å². The summed E-state index contributed by atoms with van der Waals surface area (Å²) in [7, 11) is 0. The van der Waals surface area contributed by atoms with Crippen molar-refractivity contribution in [2.24, 2.45) is 0 Å². The Hall–Kier alpha value is -1.79. The molecule has 0 saturated heterocycles. The van der Waals surface area contributed by atoms with Gasteiger partial charge in [-0.3, -0.25) is 10.1 Å². The summed E-state index contributed by atoms with van der Waals surface area (Å²) in [5, 5.41) is 14.2. The van der Waals surface area contributed by atoms with E-state index in [0.717, 1.165) is 14.9 Å². The number of thiophene rings is 1. The average molecular weight is 327 g/mol. The maximum absolute atomic E-state index is 10.9. The minimum absolute atomic E-state index is 0.0331. The van der Waals surface area contributed by atoms with Crippen LogP contribution in [0, 0.1) is 10.1 Å². The number of benzene rings is 1. The molecule has 0 aliphatic rings. The number of nitrogens with zero attached hydrogens (tertiary/aromatic N) is 1. The third kappa shape index (κ3) is 3.86. The fraction of sp³-hybridized carbons (Fsp3) is 0.286. The number of hydrogen-bond acceptors (Lipinski definition) is 5. The Kier molecular flexibility index (Phi) is 5.03. The highest BCUT2D eigenvalue weighted by Crippen LogP contribution is 2.33. The maximum Gasteiger partial charge on any atom is 0.311 e. The van der Waals surface area contributed by atoms with Gasteiger partial charge in [0.15, 0.2) is 5.75 Å². The van der Waals surface area contributed by atoms with E-state index in [1.165, 1.54) is 17.4 Å².